The first-order valence-electron chi connectivity index (χ1n) is 8.46. The molecule has 0 unspecified atom stereocenters. The van der Waals surface area contributed by atoms with Crippen LogP contribution in [-0.4, -0.2) is 37.7 Å². The molecule has 4 heterocycles. The minimum atomic E-state index is -0.483. The van der Waals surface area contributed by atoms with E-state index in [1.54, 1.807) is 24.5 Å². The molecule has 1 aliphatic heterocycles. The summed E-state index contributed by atoms with van der Waals surface area (Å²) in [4.78, 5) is 16.7. The number of imidazole rings is 1. The van der Waals surface area contributed by atoms with Crippen LogP contribution in [0.4, 0.5) is 16.0 Å². The fraction of sp³-hybridized carbons (Fsp3) is 0.333. The molecule has 26 heavy (non-hydrogen) atoms. The Labute approximate surface area is 150 Å². The van der Waals surface area contributed by atoms with Crippen molar-refractivity contribution in [3.05, 3.63) is 48.6 Å². The summed E-state index contributed by atoms with van der Waals surface area (Å²) in [5, 5.41) is 3.03. The summed E-state index contributed by atoms with van der Waals surface area (Å²) >= 11 is 0. The molecule has 0 saturated carbocycles. The summed E-state index contributed by atoms with van der Waals surface area (Å²) in [5.41, 5.74) is 1.58. The molecular formula is C18H18FN6O. The zero-order valence-corrected chi connectivity index (χ0v) is 14.3. The van der Waals surface area contributed by atoms with Gasteiger partial charge in [-0.3, -0.25) is 4.98 Å². The normalized spacial score (nSPS) is 15.2. The quantitative estimate of drug-likeness (QED) is 0.777. The van der Waals surface area contributed by atoms with Gasteiger partial charge in [0.1, 0.15) is 11.5 Å². The lowest BCUT2D eigenvalue weighted by atomic mass is 10.1. The highest BCUT2D eigenvalue weighted by Gasteiger charge is 2.23. The Morgan fingerprint density at radius 2 is 2.08 bits per heavy atom. The zero-order chi connectivity index (χ0) is 17.9. The molecule has 4 rings (SSSR count). The van der Waals surface area contributed by atoms with Gasteiger partial charge in [0.15, 0.2) is 5.82 Å². The van der Waals surface area contributed by atoms with Crippen molar-refractivity contribution in [2.24, 2.45) is 0 Å². The molecule has 0 spiro atoms. The lowest BCUT2D eigenvalue weighted by molar-refractivity contribution is 0.0694. The number of nitrogens with one attached hydrogen (secondary N) is 1. The first-order valence-corrected chi connectivity index (χ1v) is 8.46. The van der Waals surface area contributed by atoms with E-state index in [2.05, 4.69) is 36.0 Å². The predicted molar refractivity (Wildman–Crippen MR) is 93.4 cm³/mol. The molecule has 1 N–H and O–H groups in total. The molecule has 1 saturated heterocycles. The summed E-state index contributed by atoms with van der Waals surface area (Å²) < 4.78 is 22.0. The second kappa shape index (κ2) is 7.17. The highest BCUT2D eigenvalue weighted by molar-refractivity contribution is 5.59. The number of aromatic nitrogens is 5. The number of anilines is 2. The second-order valence-electron chi connectivity index (χ2n) is 6.10. The maximum absolute atomic E-state index is 14.5. The van der Waals surface area contributed by atoms with E-state index in [9.17, 15) is 4.39 Å². The Morgan fingerprint density at radius 3 is 2.85 bits per heavy atom. The zero-order valence-electron chi connectivity index (χ0n) is 14.3. The Hall–Kier alpha value is -2.87. The van der Waals surface area contributed by atoms with Gasteiger partial charge in [-0.1, -0.05) is 0 Å². The Balaban J connectivity index is 1.70. The third-order valence-corrected chi connectivity index (χ3v) is 4.40. The molecule has 0 bridgehead atoms. The van der Waals surface area contributed by atoms with Crippen molar-refractivity contribution in [1.82, 2.24) is 24.5 Å². The lowest BCUT2D eigenvalue weighted by Gasteiger charge is -2.26. The Morgan fingerprint density at radius 1 is 1.23 bits per heavy atom. The largest absolute Gasteiger partial charge is 0.381 e. The third-order valence-electron chi connectivity index (χ3n) is 4.40. The van der Waals surface area contributed by atoms with Crippen molar-refractivity contribution in [3.63, 3.8) is 0 Å². The first kappa shape index (κ1) is 16.6. The van der Waals surface area contributed by atoms with E-state index in [1.165, 1.54) is 6.20 Å². The highest BCUT2D eigenvalue weighted by atomic mass is 19.1. The van der Waals surface area contributed by atoms with Crippen molar-refractivity contribution in [2.45, 2.75) is 25.8 Å². The number of hydrogen-bond donors (Lipinski definition) is 1. The SMILES string of the molecule is Cc1ncc(-c2nc(Nc3cc[c]nc3)ncc2F)n1C1CCOCC1. The van der Waals surface area contributed by atoms with E-state index in [0.717, 1.165) is 18.7 Å². The maximum atomic E-state index is 14.5. The molecule has 0 aromatic carbocycles. The molecule has 0 atom stereocenters. The summed E-state index contributed by atoms with van der Waals surface area (Å²) in [5.74, 6) is 0.650. The van der Waals surface area contributed by atoms with E-state index in [4.69, 9.17) is 4.74 Å². The molecule has 1 fully saturated rings. The van der Waals surface area contributed by atoms with Crippen LogP contribution >= 0.6 is 0 Å². The number of rotatable bonds is 4. The molecular weight excluding hydrogens is 335 g/mol. The molecule has 7 nitrogen and oxygen atoms in total. The predicted octanol–water partition coefficient (Wildman–Crippen LogP) is 3.08. The number of nitrogens with zero attached hydrogens (tertiary/aromatic N) is 5. The van der Waals surface area contributed by atoms with Crippen LogP contribution in [0.2, 0.25) is 0 Å². The van der Waals surface area contributed by atoms with Crippen molar-refractivity contribution in [2.75, 3.05) is 18.5 Å². The first-order chi connectivity index (χ1) is 12.7. The van der Waals surface area contributed by atoms with Crippen LogP contribution in [0.25, 0.3) is 11.4 Å². The average Bonchev–Trinajstić information content (AvgIpc) is 3.06. The highest BCUT2D eigenvalue weighted by Crippen LogP contribution is 2.30. The summed E-state index contributed by atoms with van der Waals surface area (Å²) in [6.45, 7) is 3.31. The van der Waals surface area contributed by atoms with Gasteiger partial charge in [-0.15, -0.1) is 0 Å². The molecule has 0 amide bonds. The van der Waals surface area contributed by atoms with Crippen molar-refractivity contribution in [3.8, 4) is 11.4 Å². The number of hydrogen-bond acceptors (Lipinski definition) is 6. The molecule has 133 valence electrons. The smallest absolute Gasteiger partial charge is 0.228 e. The van der Waals surface area contributed by atoms with Gasteiger partial charge in [0.2, 0.25) is 5.95 Å². The van der Waals surface area contributed by atoms with Crippen molar-refractivity contribution < 1.29 is 9.13 Å². The number of pyridine rings is 1. The van der Waals surface area contributed by atoms with Crippen molar-refractivity contribution in [1.29, 1.82) is 0 Å². The maximum Gasteiger partial charge on any atom is 0.228 e. The second-order valence-corrected chi connectivity index (χ2v) is 6.10. The number of aryl methyl sites for hydroxylation is 1. The number of ether oxygens (including phenoxy) is 1. The molecule has 1 radical (unpaired) electrons. The van der Waals surface area contributed by atoms with Gasteiger partial charge in [-0.2, -0.15) is 0 Å². The van der Waals surface area contributed by atoms with Crippen LogP contribution < -0.4 is 5.32 Å². The van der Waals surface area contributed by atoms with Crippen LogP contribution in [0.1, 0.15) is 24.7 Å². The van der Waals surface area contributed by atoms with Crippen LogP contribution in [0.15, 0.2) is 30.7 Å². The molecule has 1 aliphatic rings. The number of halogens is 1. The van der Waals surface area contributed by atoms with E-state index in [-0.39, 0.29) is 11.7 Å². The van der Waals surface area contributed by atoms with E-state index >= 15 is 0 Å². The minimum Gasteiger partial charge on any atom is -0.381 e. The standard InChI is InChI=1S/C18H18FN6O/c1-12-21-11-16(25(12)14-4-7-26-8-5-14)17-15(19)10-22-18(24-17)23-13-3-2-6-20-9-13/h2-3,9-11,14H,4-5,7-8H2,1H3,(H,22,23,24). The van der Waals surface area contributed by atoms with Gasteiger partial charge in [-0.05, 0) is 31.9 Å². The van der Waals surface area contributed by atoms with Gasteiger partial charge in [0.25, 0.3) is 0 Å². The average molecular weight is 353 g/mol. The Kier molecular flexibility index (Phi) is 4.57. The van der Waals surface area contributed by atoms with Gasteiger partial charge in [-0.25, -0.2) is 19.3 Å². The topological polar surface area (TPSA) is 77.8 Å². The van der Waals surface area contributed by atoms with Crippen LogP contribution in [0, 0.1) is 18.9 Å². The fourth-order valence-electron chi connectivity index (χ4n) is 3.16. The van der Waals surface area contributed by atoms with Gasteiger partial charge >= 0.3 is 0 Å². The minimum absolute atomic E-state index is 0.223. The van der Waals surface area contributed by atoms with E-state index in [0.29, 0.717) is 30.5 Å². The third kappa shape index (κ3) is 3.28. The monoisotopic (exact) mass is 353 g/mol. The van der Waals surface area contributed by atoms with Gasteiger partial charge < -0.3 is 14.6 Å². The van der Waals surface area contributed by atoms with Crippen molar-refractivity contribution >= 4 is 11.6 Å². The van der Waals surface area contributed by atoms with Crippen LogP contribution in [0.5, 0.6) is 0 Å². The molecule has 3 aromatic rings. The summed E-state index contributed by atoms with van der Waals surface area (Å²) in [6, 6.07) is 3.69. The lowest BCUT2D eigenvalue weighted by Crippen LogP contribution is -2.21. The Bertz CT molecular complexity index is 892. The van der Waals surface area contributed by atoms with Crippen LogP contribution in [-0.2, 0) is 4.74 Å². The molecule has 3 aromatic heterocycles. The van der Waals surface area contributed by atoms with E-state index < -0.39 is 5.82 Å². The molecule has 0 aliphatic carbocycles. The van der Waals surface area contributed by atoms with E-state index in [1.807, 2.05) is 6.92 Å². The van der Waals surface area contributed by atoms with Crippen LogP contribution in [0.3, 0.4) is 0 Å². The fourth-order valence-corrected chi connectivity index (χ4v) is 3.16. The summed E-state index contributed by atoms with van der Waals surface area (Å²) in [6.07, 6.45) is 8.87. The molecule has 8 heteroatoms. The van der Waals surface area contributed by atoms with Gasteiger partial charge in [0, 0.05) is 19.3 Å². The summed E-state index contributed by atoms with van der Waals surface area (Å²) in [7, 11) is 0. The van der Waals surface area contributed by atoms with Gasteiger partial charge in [0.05, 0.1) is 36.2 Å².